The van der Waals surface area contributed by atoms with E-state index in [1.54, 1.807) is 40.7 Å². The summed E-state index contributed by atoms with van der Waals surface area (Å²) in [5, 5.41) is 0. The zero-order valence-electron chi connectivity index (χ0n) is 19.3. The van der Waals surface area contributed by atoms with Gasteiger partial charge in [-0.05, 0) is 49.2 Å². The summed E-state index contributed by atoms with van der Waals surface area (Å²) in [5.41, 5.74) is 1.94. The third kappa shape index (κ3) is 5.72. The van der Waals surface area contributed by atoms with Gasteiger partial charge in [0.15, 0.2) is 0 Å². The summed E-state index contributed by atoms with van der Waals surface area (Å²) in [6, 6.07) is 17.0. The van der Waals surface area contributed by atoms with Gasteiger partial charge in [-0.25, -0.2) is 8.42 Å². The second kappa shape index (κ2) is 10.6. The van der Waals surface area contributed by atoms with Crippen molar-refractivity contribution in [1.82, 2.24) is 14.1 Å². The molecule has 0 aromatic heterocycles. The summed E-state index contributed by atoms with van der Waals surface area (Å²) < 4.78 is 27.5. The second-order valence-corrected chi connectivity index (χ2v) is 10.9. The van der Waals surface area contributed by atoms with Crippen molar-refractivity contribution >= 4 is 22.0 Å². The molecule has 4 rings (SSSR count). The van der Waals surface area contributed by atoms with Gasteiger partial charge in [0.2, 0.25) is 15.9 Å². The molecule has 0 N–H and O–H groups in total. The molecule has 1 atom stereocenters. The van der Waals surface area contributed by atoms with Gasteiger partial charge in [-0.3, -0.25) is 4.79 Å². The van der Waals surface area contributed by atoms with Gasteiger partial charge in [-0.1, -0.05) is 55.3 Å². The minimum atomic E-state index is -3.46. The largest absolute Gasteiger partial charge is 0.330 e. The van der Waals surface area contributed by atoms with E-state index < -0.39 is 10.0 Å². The fourth-order valence-electron chi connectivity index (χ4n) is 4.59. The van der Waals surface area contributed by atoms with Gasteiger partial charge in [-0.2, -0.15) is 4.31 Å². The first-order valence-electron chi connectivity index (χ1n) is 11.8. The van der Waals surface area contributed by atoms with Crippen LogP contribution < -0.4 is 0 Å². The van der Waals surface area contributed by atoms with Crippen LogP contribution in [0.3, 0.4) is 0 Å². The van der Waals surface area contributed by atoms with Crippen molar-refractivity contribution in [3.63, 3.8) is 0 Å². The van der Waals surface area contributed by atoms with Gasteiger partial charge in [0.25, 0.3) is 0 Å². The van der Waals surface area contributed by atoms with Crippen LogP contribution in [-0.4, -0.2) is 68.2 Å². The molecule has 0 saturated carbocycles. The standard InChI is InChI=1S/C26H33N3O3S/c1-27-19-20-29(25(21-27)23-9-5-4-6-10-23)26(30)16-13-22-11-14-24(15-12-22)33(31,32)28-17-7-2-3-8-18-28/h4-6,9-16,25H,2-3,7-8,17-21H2,1H3/b16-13-/t25-/m1/s1. The number of rotatable bonds is 5. The Labute approximate surface area is 197 Å². The number of benzene rings is 2. The first-order valence-corrected chi connectivity index (χ1v) is 13.2. The van der Waals surface area contributed by atoms with Crippen molar-refractivity contribution in [2.24, 2.45) is 0 Å². The predicted molar refractivity (Wildman–Crippen MR) is 131 cm³/mol. The zero-order valence-corrected chi connectivity index (χ0v) is 20.1. The van der Waals surface area contributed by atoms with Crippen LogP contribution in [0, 0.1) is 0 Å². The molecular weight excluding hydrogens is 434 g/mol. The quantitative estimate of drug-likeness (QED) is 0.628. The first kappa shape index (κ1) is 23.7. The van der Waals surface area contributed by atoms with Gasteiger partial charge in [0.1, 0.15) is 0 Å². The van der Waals surface area contributed by atoms with Crippen molar-refractivity contribution in [1.29, 1.82) is 0 Å². The van der Waals surface area contributed by atoms with Gasteiger partial charge in [0, 0.05) is 38.8 Å². The number of carbonyl (C=O) groups is 1. The predicted octanol–water partition coefficient (Wildman–Crippen LogP) is 3.78. The summed E-state index contributed by atoms with van der Waals surface area (Å²) in [4.78, 5) is 17.5. The molecule has 0 radical (unpaired) electrons. The molecule has 33 heavy (non-hydrogen) atoms. The maximum absolute atomic E-state index is 13.0. The SMILES string of the molecule is CN1CCN(C(=O)/C=C\c2ccc(S(=O)(=O)N3CCCCCC3)cc2)[C@@H](c2ccccc2)C1. The fourth-order valence-corrected chi connectivity index (χ4v) is 6.11. The molecule has 2 saturated heterocycles. The Hall–Kier alpha value is -2.48. The van der Waals surface area contributed by atoms with E-state index in [1.807, 2.05) is 23.1 Å². The number of nitrogens with zero attached hydrogens (tertiary/aromatic N) is 3. The molecule has 2 heterocycles. The van der Waals surface area contributed by atoms with E-state index >= 15 is 0 Å². The molecule has 6 nitrogen and oxygen atoms in total. The van der Waals surface area contributed by atoms with Gasteiger partial charge >= 0.3 is 0 Å². The highest BCUT2D eigenvalue weighted by Crippen LogP contribution is 2.25. The van der Waals surface area contributed by atoms with Crippen molar-refractivity contribution in [2.75, 3.05) is 39.8 Å². The normalized spacial score (nSPS) is 21.2. The maximum Gasteiger partial charge on any atom is 0.247 e. The highest BCUT2D eigenvalue weighted by Gasteiger charge is 2.29. The minimum Gasteiger partial charge on any atom is -0.330 e. The van der Waals surface area contributed by atoms with Crippen LogP contribution in [0.25, 0.3) is 6.08 Å². The molecule has 7 heteroatoms. The Bertz CT molecular complexity index is 1060. The lowest BCUT2D eigenvalue weighted by atomic mass is 10.0. The van der Waals surface area contributed by atoms with Gasteiger partial charge in [0.05, 0.1) is 10.9 Å². The van der Waals surface area contributed by atoms with E-state index in [0.717, 1.165) is 49.9 Å². The van der Waals surface area contributed by atoms with Crippen molar-refractivity contribution in [2.45, 2.75) is 36.6 Å². The molecule has 2 aliphatic rings. The Morgan fingerprint density at radius 1 is 0.879 bits per heavy atom. The summed E-state index contributed by atoms with van der Waals surface area (Å²) in [6.07, 6.45) is 7.37. The Morgan fingerprint density at radius 3 is 2.21 bits per heavy atom. The number of likely N-dealkylation sites (N-methyl/N-ethyl adjacent to an activating group) is 1. The van der Waals surface area contributed by atoms with Crippen molar-refractivity contribution in [3.05, 3.63) is 71.8 Å². The van der Waals surface area contributed by atoms with Crippen LogP contribution in [0.1, 0.15) is 42.9 Å². The van der Waals surface area contributed by atoms with Gasteiger partial charge < -0.3 is 9.80 Å². The summed E-state index contributed by atoms with van der Waals surface area (Å²) >= 11 is 0. The average molecular weight is 468 g/mol. The molecular formula is C26H33N3O3S. The molecule has 0 unspecified atom stereocenters. The third-order valence-corrected chi connectivity index (χ3v) is 8.47. The molecule has 0 bridgehead atoms. The van der Waals surface area contributed by atoms with E-state index in [0.29, 0.717) is 24.5 Å². The topological polar surface area (TPSA) is 60.9 Å². The maximum atomic E-state index is 13.0. The first-order chi connectivity index (χ1) is 15.9. The smallest absolute Gasteiger partial charge is 0.247 e. The number of piperazine rings is 1. The van der Waals surface area contributed by atoms with Crippen LogP contribution in [0.4, 0.5) is 0 Å². The molecule has 2 aliphatic heterocycles. The lowest BCUT2D eigenvalue weighted by Gasteiger charge is -2.40. The molecule has 2 fully saturated rings. The Balaban J connectivity index is 1.45. The van der Waals surface area contributed by atoms with E-state index in [9.17, 15) is 13.2 Å². The number of carbonyl (C=O) groups excluding carboxylic acids is 1. The van der Waals surface area contributed by atoms with E-state index in [1.165, 1.54) is 0 Å². The van der Waals surface area contributed by atoms with Crippen LogP contribution in [-0.2, 0) is 14.8 Å². The highest BCUT2D eigenvalue weighted by atomic mass is 32.2. The number of hydrogen-bond donors (Lipinski definition) is 0. The van der Waals surface area contributed by atoms with E-state index in [2.05, 4.69) is 24.1 Å². The van der Waals surface area contributed by atoms with E-state index in [4.69, 9.17) is 0 Å². The second-order valence-electron chi connectivity index (χ2n) is 8.94. The highest BCUT2D eigenvalue weighted by molar-refractivity contribution is 7.89. The molecule has 0 spiro atoms. The number of sulfonamides is 1. The van der Waals surface area contributed by atoms with Crippen LogP contribution in [0.2, 0.25) is 0 Å². The van der Waals surface area contributed by atoms with Crippen molar-refractivity contribution in [3.8, 4) is 0 Å². The Morgan fingerprint density at radius 2 is 1.55 bits per heavy atom. The molecule has 2 aromatic carbocycles. The summed E-state index contributed by atoms with van der Waals surface area (Å²) in [5.74, 6) is -0.0294. The van der Waals surface area contributed by atoms with Crippen LogP contribution in [0.5, 0.6) is 0 Å². The lowest BCUT2D eigenvalue weighted by molar-refractivity contribution is -0.130. The molecule has 1 amide bonds. The average Bonchev–Trinajstić information content (AvgIpc) is 3.14. The minimum absolute atomic E-state index is 0.0169. The number of amides is 1. The molecule has 2 aromatic rings. The summed E-state index contributed by atoms with van der Waals surface area (Å²) in [6.45, 7) is 3.49. The number of hydrogen-bond acceptors (Lipinski definition) is 4. The summed E-state index contributed by atoms with van der Waals surface area (Å²) in [7, 11) is -1.39. The lowest BCUT2D eigenvalue weighted by Crippen LogP contribution is -2.48. The van der Waals surface area contributed by atoms with Gasteiger partial charge in [-0.15, -0.1) is 0 Å². The zero-order chi connectivity index (χ0) is 23.3. The van der Waals surface area contributed by atoms with Crippen LogP contribution >= 0.6 is 0 Å². The Kier molecular flexibility index (Phi) is 7.63. The monoisotopic (exact) mass is 467 g/mol. The third-order valence-electron chi connectivity index (χ3n) is 6.55. The van der Waals surface area contributed by atoms with Crippen LogP contribution in [0.15, 0.2) is 65.6 Å². The van der Waals surface area contributed by atoms with Crippen molar-refractivity contribution < 1.29 is 13.2 Å². The fraction of sp³-hybridized carbons (Fsp3) is 0.423. The van der Waals surface area contributed by atoms with E-state index in [-0.39, 0.29) is 11.9 Å². The molecule has 176 valence electrons. The molecule has 0 aliphatic carbocycles.